The highest BCUT2D eigenvalue weighted by molar-refractivity contribution is 5.87. The van der Waals surface area contributed by atoms with E-state index in [0.29, 0.717) is 0 Å². The number of aryl methyl sites for hydroxylation is 2. The summed E-state index contributed by atoms with van der Waals surface area (Å²) in [5.74, 6) is 2.06. The molecule has 0 bridgehead atoms. The zero-order chi connectivity index (χ0) is 17.6. The lowest BCUT2D eigenvalue weighted by Crippen LogP contribution is -2.50. The van der Waals surface area contributed by atoms with Crippen molar-refractivity contribution < 1.29 is 4.79 Å². The number of amides is 1. The number of carbonyl (C=O) groups is 1. The number of hydrogen-bond donors (Lipinski definition) is 1. The average molecular weight is 343 g/mol. The number of rotatable bonds is 2. The van der Waals surface area contributed by atoms with Crippen molar-refractivity contribution in [1.82, 2.24) is 24.6 Å². The number of aromatic nitrogens is 4. The molecule has 2 aromatic heterocycles. The first-order valence-corrected chi connectivity index (χ1v) is 8.98. The lowest BCUT2D eigenvalue weighted by Gasteiger charge is -2.36. The molecule has 1 saturated carbocycles. The number of fused-ring (bicyclic) bond motifs is 1. The Kier molecular flexibility index (Phi) is 4.07. The highest BCUT2D eigenvalue weighted by atomic mass is 16.2. The predicted molar refractivity (Wildman–Crippen MR) is 95.2 cm³/mol. The Morgan fingerprint density at radius 3 is 2.64 bits per heavy atom. The maximum atomic E-state index is 12.7. The van der Waals surface area contributed by atoms with Gasteiger partial charge >= 0.3 is 0 Å². The van der Waals surface area contributed by atoms with E-state index >= 15 is 0 Å². The van der Waals surface area contributed by atoms with Gasteiger partial charge in [-0.05, 0) is 26.2 Å². The second kappa shape index (κ2) is 6.25. The highest BCUT2D eigenvalue weighted by Crippen LogP contribution is 2.28. The summed E-state index contributed by atoms with van der Waals surface area (Å²) in [4.78, 5) is 26.0. The molecule has 0 radical (unpaired) electrons. The molecule has 1 aliphatic carbocycles. The SMILES string of the molecule is Cc1nc(N2CCN(C(=O)[C@@H]3CC[C@@H](N)C3)CC2)c2cnn(C)c2n1. The Labute approximate surface area is 147 Å². The van der Waals surface area contributed by atoms with Crippen LogP contribution in [0.4, 0.5) is 5.82 Å². The molecule has 2 N–H and O–H groups in total. The molecule has 1 aliphatic heterocycles. The monoisotopic (exact) mass is 343 g/mol. The maximum Gasteiger partial charge on any atom is 0.225 e. The summed E-state index contributed by atoms with van der Waals surface area (Å²) in [5.41, 5.74) is 6.81. The molecule has 2 aliphatic rings. The summed E-state index contributed by atoms with van der Waals surface area (Å²) in [6, 6.07) is 0.193. The van der Waals surface area contributed by atoms with Gasteiger partial charge in [-0.3, -0.25) is 9.48 Å². The normalized spacial score (nSPS) is 24.3. The van der Waals surface area contributed by atoms with Crippen molar-refractivity contribution in [3.63, 3.8) is 0 Å². The van der Waals surface area contributed by atoms with Crippen LogP contribution in [0.2, 0.25) is 0 Å². The lowest BCUT2D eigenvalue weighted by atomic mass is 10.1. The maximum absolute atomic E-state index is 12.7. The van der Waals surface area contributed by atoms with E-state index in [1.807, 2.05) is 25.1 Å². The van der Waals surface area contributed by atoms with Crippen molar-refractivity contribution in [2.75, 3.05) is 31.1 Å². The van der Waals surface area contributed by atoms with E-state index in [9.17, 15) is 4.79 Å². The molecule has 0 spiro atoms. The van der Waals surface area contributed by atoms with E-state index in [1.165, 1.54) is 0 Å². The molecular weight excluding hydrogens is 318 g/mol. The van der Waals surface area contributed by atoms with Gasteiger partial charge in [0.1, 0.15) is 11.6 Å². The van der Waals surface area contributed by atoms with E-state index < -0.39 is 0 Å². The van der Waals surface area contributed by atoms with Gasteiger partial charge in [0.2, 0.25) is 5.91 Å². The predicted octanol–water partition coefficient (Wildman–Crippen LogP) is 0.448. The van der Waals surface area contributed by atoms with Crippen LogP contribution in [0.5, 0.6) is 0 Å². The van der Waals surface area contributed by atoms with Crippen molar-refractivity contribution in [2.24, 2.45) is 18.7 Å². The summed E-state index contributed by atoms with van der Waals surface area (Å²) >= 11 is 0. The molecule has 2 atom stereocenters. The molecule has 8 nitrogen and oxygen atoms in total. The highest BCUT2D eigenvalue weighted by Gasteiger charge is 2.33. The Balaban J connectivity index is 1.48. The second-order valence-corrected chi connectivity index (χ2v) is 7.18. The topological polar surface area (TPSA) is 93.2 Å². The van der Waals surface area contributed by atoms with Gasteiger partial charge in [0.25, 0.3) is 0 Å². The zero-order valence-corrected chi connectivity index (χ0v) is 14.9. The Morgan fingerprint density at radius 2 is 1.96 bits per heavy atom. The fraction of sp³-hybridized carbons (Fsp3) is 0.647. The summed E-state index contributed by atoms with van der Waals surface area (Å²) in [6.07, 6.45) is 4.55. The third kappa shape index (κ3) is 2.95. The van der Waals surface area contributed by atoms with Gasteiger partial charge in [-0.2, -0.15) is 5.10 Å². The van der Waals surface area contributed by atoms with Crippen molar-refractivity contribution >= 4 is 22.8 Å². The summed E-state index contributed by atoms with van der Waals surface area (Å²) < 4.78 is 1.77. The fourth-order valence-electron chi connectivity index (χ4n) is 3.99. The zero-order valence-electron chi connectivity index (χ0n) is 14.9. The molecule has 0 unspecified atom stereocenters. The van der Waals surface area contributed by atoms with Crippen LogP contribution in [0.1, 0.15) is 25.1 Å². The molecule has 0 aromatic carbocycles. The van der Waals surface area contributed by atoms with Gasteiger partial charge in [0, 0.05) is 45.2 Å². The third-order valence-electron chi connectivity index (χ3n) is 5.40. The largest absolute Gasteiger partial charge is 0.352 e. The lowest BCUT2D eigenvalue weighted by molar-refractivity contribution is -0.135. The Bertz CT molecular complexity index is 794. The standard InChI is InChI=1S/C17H25N7O/c1-11-20-15-14(10-19-22(15)2)16(21-11)23-5-7-24(8-6-23)17(25)12-3-4-13(18)9-12/h10,12-13H,3-9,18H2,1-2H3/t12-,13-/m1/s1. The average Bonchev–Trinajstić information content (AvgIpc) is 3.20. The summed E-state index contributed by atoms with van der Waals surface area (Å²) in [7, 11) is 1.89. The minimum Gasteiger partial charge on any atom is -0.352 e. The van der Waals surface area contributed by atoms with Gasteiger partial charge in [-0.1, -0.05) is 0 Å². The molecule has 1 saturated heterocycles. The number of piperazine rings is 1. The first-order valence-electron chi connectivity index (χ1n) is 8.98. The minimum absolute atomic E-state index is 0.118. The van der Waals surface area contributed by atoms with Crippen LogP contribution >= 0.6 is 0 Å². The third-order valence-corrected chi connectivity index (χ3v) is 5.40. The van der Waals surface area contributed by atoms with Gasteiger partial charge in [-0.15, -0.1) is 0 Å². The van der Waals surface area contributed by atoms with Crippen LogP contribution in [-0.4, -0.2) is 62.8 Å². The number of nitrogens with two attached hydrogens (primary N) is 1. The number of carbonyl (C=O) groups excluding carboxylic acids is 1. The molecule has 8 heteroatoms. The van der Waals surface area contributed by atoms with Gasteiger partial charge < -0.3 is 15.5 Å². The van der Waals surface area contributed by atoms with Crippen LogP contribution in [0, 0.1) is 12.8 Å². The van der Waals surface area contributed by atoms with E-state index in [2.05, 4.69) is 20.0 Å². The molecule has 4 rings (SSSR count). The molecule has 2 fully saturated rings. The Hall–Kier alpha value is -2.22. The molecule has 3 heterocycles. The molecule has 2 aromatic rings. The smallest absolute Gasteiger partial charge is 0.225 e. The van der Waals surface area contributed by atoms with E-state index in [4.69, 9.17) is 5.73 Å². The minimum atomic E-state index is 0.118. The first kappa shape index (κ1) is 16.3. The van der Waals surface area contributed by atoms with Crippen LogP contribution in [0.15, 0.2) is 6.20 Å². The van der Waals surface area contributed by atoms with Crippen LogP contribution < -0.4 is 10.6 Å². The summed E-state index contributed by atoms with van der Waals surface area (Å²) in [6.45, 7) is 4.93. The van der Waals surface area contributed by atoms with Crippen molar-refractivity contribution in [3.05, 3.63) is 12.0 Å². The Morgan fingerprint density at radius 1 is 1.20 bits per heavy atom. The van der Waals surface area contributed by atoms with Crippen LogP contribution in [0.3, 0.4) is 0 Å². The van der Waals surface area contributed by atoms with E-state index in [0.717, 1.165) is 68.1 Å². The molecule has 25 heavy (non-hydrogen) atoms. The van der Waals surface area contributed by atoms with E-state index in [1.54, 1.807) is 4.68 Å². The van der Waals surface area contributed by atoms with Crippen LogP contribution in [-0.2, 0) is 11.8 Å². The van der Waals surface area contributed by atoms with Crippen LogP contribution in [0.25, 0.3) is 11.0 Å². The molecular formula is C17H25N7O. The number of nitrogens with zero attached hydrogens (tertiary/aromatic N) is 6. The van der Waals surface area contributed by atoms with Crippen molar-refractivity contribution in [3.8, 4) is 0 Å². The summed E-state index contributed by atoms with van der Waals surface area (Å²) in [5, 5.41) is 5.27. The van der Waals surface area contributed by atoms with E-state index in [-0.39, 0.29) is 17.9 Å². The number of hydrogen-bond acceptors (Lipinski definition) is 6. The second-order valence-electron chi connectivity index (χ2n) is 7.18. The fourth-order valence-corrected chi connectivity index (χ4v) is 3.99. The molecule has 1 amide bonds. The van der Waals surface area contributed by atoms with Gasteiger partial charge in [0.15, 0.2) is 5.65 Å². The van der Waals surface area contributed by atoms with Gasteiger partial charge in [-0.25, -0.2) is 9.97 Å². The van der Waals surface area contributed by atoms with Gasteiger partial charge in [0.05, 0.1) is 11.6 Å². The molecule has 134 valence electrons. The van der Waals surface area contributed by atoms with Crippen molar-refractivity contribution in [1.29, 1.82) is 0 Å². The quantitative estimate of drug-likeness (QED) is 0.851. The first-order chi connectivity index (χ1) is 12.0. The van der Waals surface area contributed by atoms with Crippen molar-refractivity contribution in [2.45, 2.75) is 32.2 Å². The number of anilines is 1.